The van der Waals surface area contributed by atoms with Gasteiger partial charge < -0.3 is 10.0 Å². The van der Waals surface area contributed by atoms with E-state index in [1.54, 1.807) is 12.1 Å². The van der Waals surface area contributed by atoms with E-state index in [0.29, 0.717) is 5.46 Å². The Labute approximate surface area is 143 Å². The lowest BCUT2D eigenvalue weighted by atomic mass is 9.80. The molecule has 0 bridgehead atoms. The van der Waals surface area contributed by atoms with Gasteiger partial charge in [0, 0.05) is 5.69 Å². The molecule has 2 aromatic heterocycles. The number of para-hydroxylation sites is 4. The molecule has 5 aromatic rings. The molecule has 6 heteroatoms. The molecule has 0 unspecified atom stereocenters. The van der Waals surface area contributed by atoms with Gasteiger partial charge in [0.1, 0.15) is 0 Å². The fourth-order valence-corrected chi connectivity index (χ4v) is 3.43. The van der Waals surface area contributed by atoms with Crippen molar-refractivity contribution in [2.45, 2.75) is 0 Å². The lowest BCUT2D eigenvalue weighted by molar-refractivity contribution is 0.426. The van der Waals surface area contributed by atoms with Crippen molar-refractivity contribution in [3.63, 3.8) is 0 Å². The molecule has 2 N–H and O–H groups in total. The molecule has 0 amide bonds. The average Bonchev–Trinajstić information content (AvgIpc) is 3.16. The van der Waals surface area contributed by atoms with E-state index in [1.165, 1.54) is 0 Å². The first-order valence-electron chi connectivity index (χ1n) is 8.07. The molecule has 0 saturated carbocycles. The molecule has 5 rings (SSSR count). The maximum Gasteiger partial charge on any atom is 0.488 e. The van der Waals surface area contributed by atoms with Crippen LogP contribution in [0.5, 0.6) is 0 Å². The fraction of sp³-hybridized carbons (Fsp3) is 0. The molecule has 0 fully saturated rings. The van der Waals surface area contributed by atoms with Crippen LogP contribution in [0.15, 0.2) is 72.8 Å². The Morgan fingerprint density at radius 3 is 2.28 bits per heavy atom. The Bertz CT molecular complexity index is 1240. The second-order valence-electron chi connectivity index (χ2n) is 6.03. The number of fused-ring (bicyclic) bond motifs is 5. The van der Waals surface area contributed by atoms with Gasteiger partial charge in [-0.3, -0.25) is 8.97 Å². The first-order chi connectivity index (χ1) is 12.2. The zero-order valence-electron chi connectivity index (χ0n) is 13.2. The van der Waals surface area contributed by atoms with Crippen LogP contribution in [0.2, 0.25) is 0 Å². The van der Waals surface area contributed by atoms with Crippen molar-refractivity contribution in [2.75, 3.05) is 0 Å². The standard InChI is InChI=1S/C19H14BN3O2/c24-20(25)13-6-5-7-14(12-13)22-17-10-3-4-11-18(17)23-16-9-2-1-8-15(16)21-19(22)23/h1-12,24-25H. The third kappa shape index (κ3) is 2.02. The van der Waals surface area contributed by atoms with Crippen molar-refractivity contribution in [2.24, 2.45) is 0 Å². The van der Waals surface area contributed by atoms with E-state index in [1.807, 2.05) is 53.1 Å². The Balaban J connectivity index is 1.95. The van der Waals surface area contributed by atoms with Gasteiger partial charge in [-0.1, -0.05) is 36.4 Å². The van der Waals surface area contributed by atoms with Crippen LogP contribution in [0.1, 0.15) is 0 Å². The quantitative estimate of drug-likeness (QED) is 0.488. The molecule has 0 saturated heterocycles. The summed E-state index contributed by atoms with van der Waals surface area (Å²) in [6.07, 6.45) is 0. The van der Waals surface area contributed by atoms with E-state index in [-0.39, 0.29) is 0 Å². The molecule has 120 valence electrons. The van der Waals surface area contributed by atoms with Crippen molar-refractivity contribution in [3.05, 3.63) is 72.8 Å². The second-order valence-corrected chi connectivity index (χ2v) is 6.03. The topological polar surface area (TPSA) is 62.7 Å². The lowest BCUT2D eigenvalue weighted by Gasteiger charge is -2.07. The molecule has 0 aliphatic heterocycles. The van der Waals surface area contributed by atoms with Crippen LogP contribution in [-0.4, -0.2) is 31.1 Å². The normalized spacial score (nSPS) is 11.6. The SMILES string of the molecule is OB(O)c1cccc(-n2c3ccccc3n3c4ccccc4nc23)c1. The highest BCUT2D eigenvalue weighted by Gasteiger charge is 2.18. The molecule has 2 heterocycles. The smallest absolute Gasteiger partial charge is 0.423 e. The van der Waals surface area contributed by atoms with Gasteiger partial charge in [0.25, 0.3) is 0 Å². The Hall–Kier alpha value is -3.09. The van der Waals surface area contributed by atoms with E-state index in [9.17, 15) is 10.0 Å². The minimum atomic E-state index is -1.50. The summed E-state index contributed by atoms with van der Waals surface area (Å²) in [5.74, 6) is 0.798. The van der Waals surface area contributed by atoms with Crippen LogP contribution in [0.25, 0.3) is 33.5 Å². The van der Waals surface area contributed by atoms with Gasteiger partial charge >= 0.3 is 7.12 Å². The van der Waals surface area contributed by atoms with Crippen LogP contribution in [-0.2, 0) is 0 Å². The number of nitrogens with zero attached hydrogens (tertiary/aromatic N) is 3. The van der Waals surface area contributed by atoms with Crippen LogP contribution in [0, 0.1) is 0 Å². The summed E-state index contributed by atoms with van der Waals surface area (Å²) in [7, 11) is -1.50. The molecule has 25 heavy (non-hydrogen) atoms. The fourth-order valence-electron chi connectivity index (χ4n) is 3.43. The summed E-state index contributed by atoms with van der Waals surface area (Å²) >= 11 is 0. The van der Waals surface area contributed by atoms with E-state index < -0.39 is 7.12 Å². The van der Waals surface area contributed by atoms with Crippen molar-refractivity contribution in [1.29, 1.82) is 0 Å². The maximum absolute atomic E-state index is 9.51. The minimum Gasteiger partial charge on any atom is -0.423 e. The molecule has 0 aliphatic rings. The van der Waals surface area contributed by atoms with Gasteiger partial charge in [-0.25, -0.2) is 4.98 Å². The van der Waals surface area contributed by atoms with E-state index in [4.69, 9.17) is 4.98 Å². The zero-order valence-corrected chi connectivity index (χ0v) is 13.2. The maximum atomic E-state index is 9.51. The van der Waals surface area contributed by atoms with E-state index >= 15 is 0 Å². The zero-order chi connectivity index (χ0) is 17.0. The number of hydrogen-bond donors (Lipinski definition) is 2. The summed E-state index contributed by atoms with van der Waals surface area (Å²) in [5, 5.41) is 19.0. The molecule has 0 spiro atoms. The van der Waals surface area contributed by atoms with Crippen LogP contribution < -0.4 is 5.46 Å². The van der Waals surface area contributed by atoms with E-state index in [2.05, 4.69) is 16.5 Å². The Morgan fingerprint density at radius 2 is 1.48 bits per heavy atom. The van der Waals surface area contributed by atoms with Crippen molar-refractivity contribution >= 4 is 40.4 Å². The number of rotatable bonds is 2. The number of imidazole rings is 2. The molecular formula is C19H14BN3O2. The Morgan fingerprint density at radius 1 is 0.760 bits per heavy atom. The third-order valence-corrected chi connectivity index (χ3v) is 4.53. The molecule has 3 aromatic carbocycles. The van der Waals surface area contributed by atoms with Gasteiger partial charge in [0.15, 0.2) is 0 Å². The molecular weight excluding hydrogens is 313 g/mol. The van der Waals surface area contributed by atoms with Crippen LogP contribution >= 0.6 is 0 Å². The molecule has 0 radical (unpaired) electrons. The number of aromatic nitrogens is 3. The monoisotopic (exact) mass is 327 g/mol. The first kappa shape index (κ1) is 14.3. The molecule has 5 nitrogen and oxygen atoms in total. The van der Waals surface area contributed by atoms with Gasteiger partial charge in [-0.2, -0.15) is 0 Å². The predicted octanol–water partition coefficient (Wildman–Crippen LogP) is 2.11. The highest BCUT2D eigenvalue weighted by Crippen LogP contribution is 2.28. The predicted molar refractivity (Wildman–Crippen MR) is 99.4 cm³/mol. The average molecular weight is 327 g/mol. The Kier molecular flexibility index (Phi) is 2.97. The second kappa shape index (κ2) is 5.21. The summed E-state index contributed by atoms with van der Waals surface area (Å²) in [6.45, 7) is 0. The number of benzene rings is 3. The van der Waals surface area contributed by atoms with Gasteiger partial charge in [0.05, 0.1) is 22.1 Å². The minimum absolute atomic E-state index is 0.449. The highest BCUT2D eigenvalue weighted by atomic mass is 16.4. The number of hydrogen-bond acceptors (Lipinski definition) is 3. The largest absolute Gasteiger partial charge is 0.488 e. The molecule has 0 aliphatic carbocycles. The lowest BCUT2D eigenvalue weighted by Crippen LogP contribution is -2.29. The third-order valence-electron chi connectivity index (χ3n) is 4.53. The molecule has 0 atom stereocenters. The van der Waals surface area contributed by atoms with Crippen LogP contribution in [0.4, 0.5) is 0 Å². The highest BCUT2D eigenvalue weighted by molar-refractivity contribution is 6.58. The van der Waals surface area contributed by atoms with Crippen molar-refractivity contribution in [1.82, 2.24) is 14.0 Å². The van der Waals surface area contributed by atoms with Crippen molar-refractivity contribution < 1.29 is 10.0 Å². The van der Waals surface area contributed by atoms with E-state index in [0.717, 1.165) is 33.5 Å². The van der Waals surface area contributed by atoms with Gasteiger partial charge in [-0.05, 0) is 41.9 Å². The first-order valence-corrected chi connectivity index (χ1v) is 8.07. The van der Waals surface area contributed by atoms with Crippen molar-refractivity contribution in [3.8, 4) is 5.69 Å². The summed E-state index contributed by atoms with van der Waals surface area (Å²) in [4.78, 5) is 4.80. The summed E-state index contributed by atoms with van der Waals surface area (Å²) in [5.41, 5.74) is 5.33. The summed E-state index contributed by atoms with van der Waals surface area (Å²) in [6, 6.07) is 23.4. The van der Waals surface area contributed by atoms with Gasteiger partial charge in [0.2, 0.25) is 5.78 Å². The van der Waals surface area contributed by atoms with Gasteiger partial charge in [-0.15, -0.1) is 0 Å². The summed E-state index contributed by atoms with van der Waals surface area (Å²) < 4.78 is 4.17. The van der Waals surface area contributed by atoms with Crippen LogP contribution in [0.3, 0.4) is 0 Å².